The van der Waals surface area contributed by atoms with Crippen LogP contribution in [0.25, 0.3) is 0 Å². The molecule has 2 fully saturated rings. The molecule has 1 saturated carbocycles. The molecule has 2 aliphatic rings. The maximum atomic E-state index is 6.33. The van der Waals surface area contributed by atoms with Crippen molar-refractivity contribution in [2.75, 3.05) is 24.3 Å². The van der Waals surface area contributed by atoms with Crippen LogP contribution in [0.1, 0.15) is 36.9 Å². The number of para-hydroxylation sites is 2. The normalized spacial score (nSPS) is 18.4. The molecule has 1 spiro atoms. The highest BCUT2D eigenvalue weighted by atomic mass is 32.2. The Morgan fingerprint density at radius 1 is 1.27 bits per heavy atom. The van der Waals surface area contributed by atoms with Gasteiger partial charge in [0, 0.05) is 30.4 Å². The Labute approximate surface area is 182 Å². The number of anilines is 2. The van der Waals surface area contributed by atoms with E-state index in [1.54, 1.807) is 11.8 Å². The molecule has 4 rings (SSSR count). The van der Waals surface area contributed by atoms with Gasteiger partial charge in [-0.25, -0.2) is 0 Å². The van der Waals surface area contributed by atoms with Crippen LogP contribution in [0.2, 0.25) is 0 Å². The summed E-state index contributed by atoms with van der Waals surface area (Å²) in [6.07, 6.45) is 5.65. The fourth-order valence-corrected chi connectivity index (χ4v) is 4.68. The summed E-state index contributed by atoms with van der Waals surface area (Å²) < 4.78 is 18.0. The first kappa shape index (κ1) is 21.0. The molecule has 1 saturated heterocycles. The first-order valence-electron chi connectivity index (χ1n) is 10.4. The predicted octanol–water partition coefficient (Wildman–Crippen LogP) is 4.85. The summed E-state index contributed by atoms with van der Waals surface area (Å²) in [5, 5.41) is 4.09. The molecule has 2 aromatic rings. The maximum Gasteiger partial charge on any atom is 0.168 e. The number of aromatic nitrogens is 1. The second-order valence-electron chi connectivity index (χ2n) is 7.73. The fraction of sp³-hybridized carbons (Fsp3) is 0.435. The van der Waals surface area contributed by atoms with E-state index < -0.39 is 0 Å². The van der Waals surface area contributed by atoms with Crippen molar-refractivity contribution in [3.63, 3.8) is 0 Å². The Balaban J connectivity index is 1.31. The summed E-state index contributed by atoms with van der Waals surface area (Å²) in [6, 6.07) is 9.62. The van der Waals surface area contributed by atoms with Crippen LogP contribution in [-0.2, 0) is 15.2 Å². The Kier molecular flexibility index (Phi) is 6.51. The number of rotatable bonds is 7. The first-order valence-corrected chi connectivity index (χ1v) is 11.4. The minimum atomic E-state index is -0.357. The Morgan fingerprint density at radius 2 is 2.00 bits per heavy atom. The largest absolute Gasteiger partial charge is 0.490 e. The van der Waals surface area contributed by atoms with Gasteiger partial charge in [0.1, 0.15) is 5.75 Å². The van der Waals surface area contributed by atoms with Crippen LogP contribution in [0.3, 0.4) is 0 Å². The van der Waals surface area contributed by atoms with Gasteiger partial charge < -0.3 is 25.3 Å². The lowest BCUT2D eigenvalue weighted by atomic mass is 9.91. The van der Waals surface area contributed by atoms with E-state index in [2.05, 4.69) is 23.8 Å². The smallest absolute Gasteiger partial charge is 0.168 e. The van der Waals surface area contributed by atoms with Crippen molar-refractivity contribution in [2.45, 2.75) is 50.3 Å². The average molecular weight is 428 g/mol. The summed E-state index contributed by atoms with van der Waals surface area (Å²) >= 11 is 1.60. The third-order valence-electron chi connectivity index (χ3n) is 5.68. The minimum Gasteiger partial charge on any atom is -0.490 e. The first-order chi connectivity index (χ1) is 14.5. The quantitative estimate of drug-likeness (QED) is 0.611. The fourth-order valence-electron chi connectivity index (χ4n) is 3.90. The predicted molar refractivity (Wildman–Crippen MR) is 121 cm³/mol. The van der Waals surface area contributed by atoms with Gasteiger partial charge in [-0.2, -0.15) is 0 Å². The van der Waals surface area contributed by atoms with Crippen molar-refractivity contribution >= 4 is 23.1 Å². The molecule has 3 N–H and O–H groups in total. The molecule has 7 heteroatoms. The second kappa shape index (κ2) is 9.29. The van der Waals surface area contributed by atoms with Crippen molar-refractivity contribution in [3.05, 3.63) is 59.4 Å². The zero-order valence-corrected chi connectivity index (χ0v) is 18.2. The lowest BCUT2D eigenvalue weighted by molar-refractivity contribution is -0.186. The van der Waals surface area contributed by atoms with Gasteiger partial charge >= 0.3 is 0 Å². The van der Waals surface area contributed by atoms with E-state index in [-0.39, 0.29) is 11.9 Å². The van der Waals surface area contributed by atoms with E-state index >= 15 is 0 Å². The summed E-state index contributed by atoms with van der Waals surface area (Å²) in [7, 11) is 0. The van der Waals surface area contributed by atoms with Crippen LogP contribution in [0.4, 0.5) is 11.4 Å². The number of ether oxygens (including phenoxy) is 3. The molecule has 0 unspecified atom stereocenters. The number of hydrogen-bond acceptors (Lipinski definition) is 7. The Morgan fingerprint density at radius 3 is 2.73 bits per heavy atom. The van der Waals surface area contributed by atoms with E-state index in [0.717, 1.165) is 53.4 Å². The standard InChI is InChI=1S/C23H29N3O3S/c1-16-21(15-30-17(2)26-20-6-4-3-5-19(20)24)25-12-9-22(16)29-18-7-10-23(11-8-18)27-13-14-28-23/h3-6,9,12,18,26H,2,7-8,10-11,13-15,24H2,1H3. The number of nitrogen functional groups attached to an aromatic ring is 1. The summed E-state index contributed by atoms with van der Waals surface area (Å²) in [4.78, 5) is 4.55. The highest BCUT2D eigenvalue weighted by Crippen LogP contribution is 2.37. The number of nitrogens with two attached hydrogens (primary N) is 1. The van der Waals surface area contributed by atoms with Crippen molar-refractivity contribution in [1.82, 2.24) is 4.98 Å². The Hall–Kier alpha value is -2.22. The number of nitrogens with zero attached hydrogens (tertiary/aromatic N) is 1. The molecule has 1 aliphatic heterocycles. The van der Waals surface area contributed by atoms with Crippen molar-refractivity contribution < 1.29 is 14.2 Å². The van der Waals surface area contributed by atoms with Crippen molar-refractivity contribution in [2.24, 2.45) is 0 Å². The molecule has 0 amide bonds. The van der Waals surface area contributed by atoms with Crippen LogP contribution >= 0.6 is 11.8 Å². The summed E-state index contributed by atoms with van der Waals surface area (Å²) in [5.41, 5.74) is 9.62. The maximum absolute atomic E-state index is 6.33. The van der Waals surface area contributed by atoms with Gasteiger partial charge in [0.05, 0.1) is 41.4 Å². The number of pyridine rings is 1. The van der Waals surface area contributed by atoms with Gasteiger partial charge in [-0.3, -0.25) is 4.98 Å². The monoisotopic (exact) mass is 427 g/mol. The highest BCUT2D eigenvalue weighted by molar-refractivity contribution is 8.02. The molecular formula is C23H29N3O3S. The Bertz CT molecular complexity index is 889. The van der Waals surface area contributed by atoms with Crippen LogP contribution in [-0.4, -0.2) is 30.1 Å². The van der Waals surface area contributed by atoms with Gasteiger partial charge in [-0.1, -0.05) is 18.7 Å². The van der Waals surface area contributed by atoms with Crippen LogP contribution in [0.15, 0.2) is 48.1 Å². The van der Waals surface area contributed by atoms with Crippen LogP contribution in [0.5, 0.6) is 5.75 Å². The van der Waals surface area contributed by atoms with Crippen molar-refractivity contribution in [3.8, 4) is 5.75 Å². The molecule has 160 valence electrons. The third kappa shape index (κ3) is 4.91. The third-order valence-corrected chi connectivity index (χ3v) is 6.55. The van der Waals surface area contributed by atoms with Crippen molar-refractivity contribution in [1.29, 1.82) is 0 Å². The van der Waals surface area contributed by atoms with E-state index in [9.17, 15) is 0 Å². The molecule has 1 aliphatic carbocycles. The molecule has 1 aromatic heterocycles. The molecule has 30 heavy (non-hydrogen) atoms. The lowest BCUT2D eigenvalue weighted by Gasteiger charge is -2.35. The second-order valence-corrected chi connectivity index (χ2v) is 8.80. The van der Waals surface area contributed by atoms with E-state index in [4.69, 9.17) is 19.9 Å². The minimum absolute atomic E-state index is 0.183. The molecular weight excluding hydrogens is 398 g/mol. The van der Waals surface area contributed by atoms with Crippen LogP contribution in [0, 0.1) is 6.92 Å². The zero-order chi connectivity index (χ0) is 21.0. The van der Waals surface area contributed by atoms with Gasteiger partial charge in [-0.05, 0) is 38.0 Å². The van der Waals surface area contributed by atoms with Gasteiger partial charge in [0.15, 0.2) is 5.79 Å². The molecule has 0 radical (unpaired) electrons. The van der Waals surface area contributed by atoms with Crippen LogP contribution < -0.4 is 15.8 Å². The average Bonchev–Trinajstić information content (AvgIpc) is 3.20. The van der Waals surface area contributed by atoms with E-state index in [0.29, 0.717) is 24.7 Å². The van der Waals surface area contributed by atoms with E-state index in [1.807, 2.05) is 36.5 Å². The highest BCUT2D eigenvalue weighted by Gasteiger charge is 2.41. The number of benzene rings is 1. The van der Waals surface area contributed by atoms with Gasteiger partial charge in [0.2, 0.25) is 0 Å². The lowest BCUT2D eigenvalue weighted by Crippen LogP contribution is -2.38. The number of hydrogen-bond donors (Lipinski definition) is 2. The number of thioether (sulfide) groups is 1. The zero-order valence-electron chi connectivity index (χ0n) is 17.4. The topological polar surface area (TPSA) is 78.6 Å². The van der Waals surface area contributed by atoms with E-state index in [1.165, 1.54) is 0 Å². The van der Waals surface area contributed by atoms with Gasteiger partial charge in [0.25, 0.3) is 0 Å². The molecule has 6 nitrogen and oxygen atoms in total. The molecule has 0 bridgehead atoms. The molecule has 1 aromatic carbocycles. The summed E-state index contributed by atoms with van der Waals surface area (Å²) in [6.45, 7) is 7.57. The SMILES string of the molecule is C=C(Nc1ccccc1N)SCc1nccc(OC2CCC3(CC2)OCCO3)c1C. The summed E-state index contributed by atoms with van der Waals surface area (Å²) in [5.74, 6) is 1.25. The molecule has 2 heterocycles. The van der Waals surface area contributed by atoms with Gasteiger partial charge in [-0.15, -0.1) is 11.8 Å². The number of nitrogens with one attached hydrogen (secondary N) is 1. The molecule has 0 atom stereocenters.